The van der Waals surface area contributed by atoms with Crippen molar-refractivity contribution in [1.29, 1.82) is 0 Å². The molecule has 1 aliphatic carbocycles. The van der Waals surface area contributed by atoms with Gasteiger partial charge in [0.1, 0.15) is 5.75 Å². The van der Waals surface area contributed by atoms with Crippen molar-refractivity contribution in [2.45, 2.75) is 31.6 Å². The average Bonchev–Trinajstić information content (AvgIpc) is 2.73. The van der Waals surface area contributed by atoms with E-state index in [0.717, 1.165) is 18.7 Å². The third-order valence-electron chi connectivity index (χ3n) is 4.72. The van der Waals surface area contributed by atoms with Crippen LogP contribution in [0.4, 0.5) is 0 Å². The van der Waals surface area contributed by atoms with Gasteiger partial charge in [-0.1, -0.05) is 61.2 Å². The van der Waals surface area contributed by atoms with Gasteiger partial charge in [-0.05, 0) is 68.1 Å². The van der Waals surface area contributed by atoms with E-state index < -0.39 is 0 Å². The monoisotopic (exact) mass is 349 g/mol. The molecule has 0 amide bonds. The summed E-state index contributed by atoms with van der Waals surface area (Å²) in [6.45, 7) is 4.96. The molecule has 1 atom stereocenters. The van der Waals surface area contributed by atoms with Gasteiger partial charge in [0.25, 0.3) is 0 Å². The summed E-state index contributed by atoms with van der Waals surface area (Å²) in [5, 5.41) is 3.12. The number of allylic oxidation sites excluding steroid dienone is 3. The van der Waals surface area contributed by atoms with Crippen LogP contribution in [0.3, 0.4) is 0 Å². The number of nitrogens with one attached hydrogen (secondary N) is 1. The van der Waals surface area contributed by atoms with Gasteiger partial charge >= 0.3 is 0 Å². The fourth-order valence-electron chi connectivity index (χ4n) is 3.26. The first-order valence-corrected chi connectivity index (χ1v) is 9.43. The van der Waals surface area contributed by atoms with Gasteiger partial charge < -0.3 is 10.1 Å². The summed E-state index contributed by atoms with van der Waals surface area (Å²) in [5.74, 6) is 1.44. The van der Waals surface area contributed by atoms with Gasteiger partial charge in [0, 0.05) is 5.92 Å². The van der Waals surface area contributed by atoms with E-state index in [1.165, 1.54) is 36.0 Å². The smallest absolute Gasteiger partial charge is 0.119 e. The van der Waals surface area contributed by atoms with E-state index in [1.807, 2.05) is 25.3 Å². The second-order valence-corrected chi connectivity index (χ2v) is 6.51. The molecule has 1 aliphatic rings. The molecule has 1 unspecified atom stereocenters. The molecule has 2 heteroatoms. The molecule has 0 radical (unpaired) electrons. The molecule has 2 aromatic carbocycles. The maximum atomic E-state index is 5.27. The van der Waals surface area contributed by atoms with Crippen molar-refractivity contribution in [3.8, 4) is 5.75 Å². The highest BCUT2D eigenvalue weighted by atomic mass is 16.5. The van der Waals surface area contributed by atoms with Crippen molar-refractivity contribution >= 4 is 0 Å². The molecule has 0 heterocycles. The standard InChI is InChI=1S/C15H18O.C9H13N/c1-3-12-7-4-5-10-15(12)13-8-6-9-14(11-13)16-2;1-10-8-7-9-5-3-2-4-6-9/h3,6-9,11,15H,1,4-5,10H2,2H3;2-6,10H,7-8H2,1H3. The minimum absolute atomic E-state index is 0.501. The Balaban J connectivity index is 0.000000209. The Morgan fingerprint density at radius 2 is 1.96 bits per heavy atom. The first-order chi connectivity index (χ1) is 12.8. The molecule has 2 aromatic rings. The summed E-state index contributed by atoms with van der Waals surface area (Å²) in [6.07, 6.45) is 9.08. The Morgan fingerprint density at radius 3 is 2.65 bits per heavy atom. The second-order valence-electron chi connectivity index (χ2n) is 6.51. The highest BCUT2D eigenvalue weighted by Crippen LogP contribution is 2.35. The Kier molecular flexibility index (Phi) is 8.71. The van der Waals surface area contributed by atoms with Gasteiger partial charge in [0.05, 0.1) is 7.11 Å². The zero-order chi connectivity index (χ0) is 18.6. The molecule has 0 bridgehead atoms. The minimum Gasteiger partial charge on any atom is -0.497 e. The zero-order valence-electron chi connectivity index (χ0n) is 16.1. The van der Waals surface area contributed by atoms with E-state index in [2.05, 4.69) is 60.4 Å². The lowest BCUT2D eigenvalue weighted by Gasteiger charge is -2.23. The number of hydrogen-bond acceptors (Lipinski definition) is 2. The first-order valence-electron chi connectivity index (χ1n) is 9.43. The number of rotatable bonds is 6. The van der Waals surface area contributed by atoms with Gasteiger partial charge in [0.2, 0.25) is 0 Å². The van der Waals surface area contributed by atoms with Crippen molar-refractivity contribution < 1.29 is 4.74 Å². The van der Waals surface area contributed by atoms with Crippen LogP contribution in [0.25, 0.3) is 0 Å². The van der Waals surface area contributed by atoms with E-state index in [9.17, 15) is 0 Å². The van der Waals surface area contributed by atoms with Crippen molar-refractivity contribution in [3.63, 3.8) is 0 Å². The molecule has 0 aliphatic heterocycles. The van der Waals surface area contributed by atoms with Crippen LogP contribution in [0.1, 0.15) is 36.3 Å². The third-order valence-corrected chi connectivity index (χ3v) is 4.72. The largest absolute Gasteiger partial charge is 0.497 e. The van der Waals surface area contributed by atoms with Crippen LogP contribution in [0.2, 0.25) is 0 Å². The molecule has 1 N–H and O–H groups in total. The molecule has 138 valence electrons. The molecule has 0 aromatic heterocycles. The summed E-state index contributed by atoms with van der Waals surface area (Å²) < 4.78 is 5.27. The van der Waals surface area contributed by atoms with Crippen molar-refractivity contribution in [2.75, 3.05) is 20.7 Å². The van der Waals surface area contributed by atoms with Gasteiger partial charge in [-0.15, -0.1) is 0 Å². The number of hydrogen-bond donors (Lipinski definition) is 1. The van der Waals surface area contributed by atoms with Crippen molar-refractivity contribution in [3.05, 3.63) is 90.0 Å². The zero-order valence-corrected chi connectivity index (χ0v) is 16.1. The van der Waals surface area contributed by atoms with Crippen LogP contribution in [0.15, 0.2) is 78.9 Å². The predicted molar refractivity (Wildman–Crippen MR) is 112 cm³/mol. The molecule has 2 nitrogen and oxygen atoms in total. The molecular weight excluding hydrogens is 318 g/mol. The molecule has 0 spiro atoms. The van der Waals surface area contributed by atoms with Crippen molar-refractivity contribution in [1.82, 2.24) is 5.32 Å². The average molecular weight is 350 g/mol. The van der Waals surface area contributed by atoms with Crippen molar-refractivity contribution in [2.24, 2.45) is 0 Å². The summed E-state index contributed by atoms with van der Waals surface area (Å²) in [6, 6.07) is 18.9. The lowest BCUT2D eigenvalue weighted by Crippen LogP contribution is -2.09. The fraction of sp³-hybridized carbons (Fsp3) is 0.333. The first kappa shape index (κ1) is 20.0. The van der Waals surface area contributed by atoms with Crippen LogP contribution < -0.4 is 10.1 Å². The topological polar surface area (TPSA) is 21.3 Å². The Hall–Kier alpha value is -2.32. The van der Waals surface area contributed by atoms with Gasteiger partial charge in [-0.25, -0.2) is 0 Å². The van der Waals surface area contributed by atoms with E-state index >= 15 is 0 Å². The van der Waals surface area contributed by atoms with E-state index in [-0.39, 0.29) is 0 Å². The van der Waals surface area contributed by atoms with Gasteiger partial charge in [0.15, 0.2) is 0 Å². The lowest BCUT2D eigenvalue weighted by atomic mass is 9.82. The normalized spacial score (nSPS) is 16.1. The van der Waals surface area contributed by atoms with Crippen LogP contribution >= 0.6 is 0 Å². The minimum atomic E-state index is 0.501. The maximum Gasteiger partial charge on any atom is 0.119 e. The van der Waals surface area contributed by atoms with E-state index in [1.54, 1.807) is 7.11 Å². The molecule has 0 saturated heterocycles. The summed E-state index contributed by atoms with van der Waals surface area (Å²) >= 11 is 0. The Bertz CT molecular complexity index is 690. The van der Waals surface area contributed by atoms with E-state index in [4.69, 9.17) is 4.74 Å². The number of ether oxygens (including phenoxy) is 1. The van der Waals surface area contributed by atoms with Crippen LogP contribution in [-0.2, 0) is 6.42 Å². The van der Waals surface area contributed by atoms with Crippen LogP contribution in [0, 0.1) is 0 Å². The summed E-state index contributed by atoms with van der Waals surface area (Å²) in [5.41, 5.74) is 4.10. The lowest BCUT2D eigenvalue weighted by molar-refractivity contribution is 0.414. The SMILES string of the molecule is C=CC1=CCCCC1c1cccc(OC)c1.CNCCc1ccccc1. The molecule has 26 heavy (non-hydrogen) atoms. The highest BCUT2D eigenvalue weighted by molar-refractivity contribution is 5.39. The van der Waals surface area contributed by atoms with Crippen LogP contribution in [0.5, 0.6) is 5.75 Å². The second kappa shape index (κ2) is 11.3. The molecule has 3 rings (SSSR count). The van der Waals surface area contributed by atoms with E-state index in [0.29, 0.717) is 5.92 Å². The molecule has 0 saturated carbocycles. The third kappa shape index (κ3) is 6.20. The predicted octanol–water partition coefficient (Wildman–Crippen LogP) is 5.52. The fourth-order valence-corrected chi connectivity index (χ4v) is 3.26. The number of benzene rings is 2. The summed E-state index contributed by atoms with van der Waals surface area (Å²) in [4.78, 5) is 0. The highest BCUT2D eigenvalue weighted by Gasteiger charge is 2.17. The number of methoxy groups -OCH3 is 1. The Labute approximate surface area is 158 Å². The quantitative estimate of drug-likeness (QED) is 0.741. The number of likely N-dealkylation sites (N-methyl/N-ethyl adjacent to an activating group) is 1. The summed E-state index contributed by atoms with van der Waals surface area (Å²) in [7, 11) is 3.69. The molecular formula is C24H31NO. The Morgan fingerprint density at radius 1 is 1.15 bits per heavy atom. The van der Waals surface area contributed by atoms with Gasteiger partial charge in [-0.2, -0.15) is 0 Å². The molecule has 0 fully saturated rings. The van der Waals surface area contributed by atoms with Gasteiger partial charge in [-0.3, -0.25) is 0 Å². The maximum absolute atomic E-state index is 5.27. The van der Waals surface area contributed by atoms with Crippen LogP contribution in [-0.4, -0.2) is 20.7 Å².